The van der Waals surface area contributed by atoms with E-state index >= 15 is 0 Å². The lowest BCUT2D eigenvalue weighted by Crippen LogP contribution is -2.19. The molecule has 4 nitrogen and oxygen atoms in total. The number of anilines is 1. The average Bonchev–Trinajstić information content (AvgIpc) is 2.68. The van der Waals surface area contributed by atoms with Crippen molar-refractivity contribution in [2.24, 2.45) is 5.41 Å². The molecule has 0 heterocycles. The van der Waals surface area contributed by atoms with Crippen LogP contribution < -0.4 is 10.1 Å². The number of benzene rings is 1. The van der Waals surface area contributed by atoms with Crippen molar-refractivity contribution in [3.63, 3.8) is 0 Å². The monoisotopic (exact) mass is 433 g/mol. The summed E-state index contributed by atoms with van der Waals surface area (Å²) in [6.45, 7) is 12.2. The molecule has 1 aliphatic carbocycles. The van der Waals surface area contributed by atoms with Crippen LogP contribution in [-0.4, -0.2) is 11.9 Å². The third-order valence-electron chi connectivity index (χ3n) is 5.52. The van der Waals surface area contributed by atoms with E-state index in [4.69, 9.17) is 4.74 Å². The Labute approximate surface area is 192 Å². The molecule has 0 spiro atoms. The van der Waals surface area contributed by atoms with Crippen LogP contribution in [0.3, 0.4) is 0 Å². The Bertz CT molecular complexity index is 986. The van der Waals surface area contributed by atoms with Gasteiger partial charge in [0, 0.05) is 18.7 Å². The van der Waals surface area contributed by atoms with Gasteiger partial charge in [-0.1, -0.05) is 55.4 Å². The number of allylic oxidation sites excluding steroid dienone is 9. The molecule has 1 aromatic rings. The molecule has 1 aromatic carbocycles. The van der Waals surface area contributed by atoms with Crippen LogP contribution in [0.25, 0.3) is 0 Å². The lowest BCUT2D eigenvalue weighted by Gasteiger charge is -2.32. The maximum absolute atomic E-state index is 12.2. The van der Waals surface area contributed by atoms with E-state index in [0.717, 1.165) is 11.1 Å². The molecule has 0 radical (unpaired) electrons. The summed E-state index contributed by atoms with van der Waals surface area (Å²) in [5.74, 6) is -0.147. The predicted molar refractivity (Wildman–Crippen MR) is 133 cm³/mol. The second-order valence-electron chi connectivity index (χ2n) is 9.03. The molecule has 1 aliphatic rings. The van der Waals surface area contributed by atoms with E-state index in [1.807, 2.05) is 25.2 Å². The van der Waals surface area contributed by atoms with Crippen molar-refractivity contribution in [3.05, 3.63) is 83.0 Å². The highest BCUT2D eigenvalue weighted by atomic mass is 16.5. The highest BCUT2D eigenvalue weighted by Gasteiger charge is 2.26. The topological polar surface area (TPSA) is 55.4 Å². The van der Waals surface area contributed by atoms with Crippen molar-refractivity contribution in [1.29, 1.82) is 0 Å². The van der Waals surface area contributed by atoms with Gasteiger partial charge >= 0.3 is 5.97 Å². The fourth-order valence-electron chi connectivity index (χ4n) is 3.84. The first-order chi connectivity index (χ1) is 15.1. The molecule has 170 valence electrons. The van der Waals surface area contributed by atoms with E-state index in [2.05, 4.69) is 45.2 Å². The largest absolute Gasteiger partial charge is 0.427 e. The third-order valence-corrected chi connectivity index (χ3v) is 5.52. The number of carbonyl (C=O) groups is 2. The summed E-state index contributed by atoms with van der Waals surface area (Å²) in [5, 5.41) is 2.80. The minimum Gasteiger partial charge on any atom is -0.427 e. The molecule has 32 heavy (non-hydrogen) atoms. The fraction of sp³-hybridized carbons (Fsp3) is 0.357. The van der Waals surface area contributed by atoms with Gasteiger partial charge in [0.2, 0.25) is 5.91 Å². The molecule has 0 bridgehead atoms. The number of hydrogen-bond acceptors (Lipinski definition) is 3. The van der Waals surface area contributed by atoms with Crippen molar-refractivity contribution >= 4 is 17.6 Å². The van der Waals surface area contributed by atoms with E-state index < -0.39 is 0 Å². The summed E-state index contributed by atoms with van der Waals surface area (Å²) in [6.07, 6.45) is 15.6. The minimum absolute atomic E-state index is 0.213. The van der Waals surface area contributed by atoms with E-state index in [-0.39, 0.29) is 17.3 Å². The molecule has 0 aromatic heterocycles. The molecular weight excluding hydrogens is 398 g/mol. The molecule has 0 saturated heterocycles. The van der Waals surface area contributed by atoms with Gasteiger partial charge in [-0.15, -0.1) is 0 Å². The normalized spacial score (nSPS) is 17.2. The van der Waals surface area contributed by atoms with Gasteiger partial charge in [-0.2, -0.15) is 0 Å². The number of hydrogen-bond donors (Lipinski definition) is 1. The van der Waals surface area contributed by atoms with Crippen molar-refractivity contribution in [3.8, 4) is 5.75 Å². The van der Waals surface area contributed by atoms with Crippen LogP contribution in [0.5, 0.6) is 5.75 Å². The number of esters is 1. The predicted octanol–water partition coefficient (Wildman–Crippen LogP) is 7.08. The fourth-order valence-corrected chi connectivity index (χ4v) is 3.84. The molecule has 1 amide bonds. The van der Waals surface area contributed by atoms with Crippen molar-refractivity contribution in [2.75, 3.05) is 5.32 Å². The quantitative estimate of drug-likeness (QED) is 0.216. The molecule has 0 aliphatic heterocycles. The lowest BCUT2D eigenvalue weighted by atomic mass is 9.72. The van der Waals surface area contributed by atoms with Gasteiger partial charge in [0.1, 0.15) is 5.75 Å². The molecule has 0 unspecified atom stereocenters. The highest BCUT2D eigenvalue weighted by Crippen LogP contribution is 2.40. The molecule has 2 rings (SSSR count). The van der Waals surface area contributed by atoms with Crippen LogP contribution in [0.1, 0.15) is 60.8 Å². The zero-order valence-electron chi connectivity index (χ0n) is 20.1. The van der Waals surface area contributed by atoms with Crippen LogP contribution in [0.4, 0.5) is 5.69 Å². The first-order valence-corrected chi connectivity index (χ1v) is 11.1. The zero-order chi connectivity index (χ0) is 23.7. The number of rotatable bonds is 7. The Morgan fingerprint density at radius 1 is 1.03 bits per heavy atom. The Balaban J connectivity index is 1.93. The van der Waals surface area contributed by atoms with E-state index in [9.17, 15) is 9.59 Å². The second kappa shape index (κ2) is 11.5. The van der Waals surface area contributed by atoms with Crippen LogP contribution in [0.2, 0.25) is 0 Å². The van der Waals surface area contributed by atoms with E-state index in [0.29, 0.717) is 11.4 Å². The van der Waals surface area contributed by atoms with Crippen molar-refractivity contribution in [2.45, 2.75) is 60.8 Å². The van der Waals surface area contributed by atoms with Gasteiger partial charge in [-0.3, -0.25) is 9.59 Å². The standard InChI is InChI=1S/C28H35NO3/c1-20(12-17-26-22(3)11-8-18-28(26,5)6)9-7-10-21(2)19-27(31)29-24-13-15-25(16-14-24)32-23(4)30/h7,9-10,12-17,19H,8,11,18H2,1-6H3,(H,29,31)/b10-7+,17-12+,20-9+,21-19+. The molecule has 0 fully saturated rings. The summed E-state index contributed by atoms with van der Waals surface area (Å²) >= 11 is 0. The SMILES string of the molecule is CC(=O)Oc1ccc(NC(=O)/C=C(C)/C=C/C=C(C)/C=C/C2=C(C)CCCC2(C)C)cc1. The van der Waals surface area contributed by atoms with Gasteiger partial charge in [-0.25, -0.2) is 0 Å². The molecular formula is C28H35NO3. The second-order valence-corrected chi connectivity index (χ2v) is 9.03. The molecule has 0 atom stereocenters. The first kappa shape index (κ1) is 25.1. The summed E-state index contributed by atoms with van der Waals surface area (Å²) < 4.78 is 4.98. The van der Waals surface area contributed by atoms with Crippen LogP contribution in [0.15, 0.2) is 83.0 Å². The van der Waals surface area contributed by atoms with Gasteiger partial charge in [-0.05, 0) is 80.9 Å². The number of carbonyl (C=O) groups excluding carboxylic acids is 2. The number of amides is 1. The average molecular weight is 434 g/mol. The van der Waals surface area contributed by atoms with Gasteiger partial charge in [0.05, 0.1) is 0 Å². The van der Waals surface area contributed by atoms with E-state index in [1.54, 1.807) is 30.3 Å². The Hall–Kier alpha value is -3.14. The maximum atomic E-state index is 12.2. The smallest absolute Gasteiger partial charge is 0.308 e. The minimum atomic E-state index is -0.378. The Morgan fingerprint density at radius 3 is 2.34 bits per heavy atom. The summed E-state index contributed by atoms with van der Waals surface area (Å²) in [5.41, 5.74) is 5.82. The summed E-state index contributed by atoms with van der Waals surface area (Å²) in [4.78, 5) is 23.2. The Kier molecular flexibility index (Phi) is 9.01. The molecule has 0 saturated carbocycles. The first-order valence-electron chi connectivity index (χ1n) is 11.1. The summed E-state index contributed by atoms with van der Waals surface area (Å²) in [7, 11) is 0. The third kappa shape index (κ3) is 8.18. The molecule has 1 N–H and O–H groups in total. The highest BCUT2D eigenvalue weighted by molar-refractivity contribution is 6.00. The van der Waals surface area contributed by atoms with Crippen molar-refractivity contribution < 1.29 is 14.3 Å². The number of nitrogens with one attached hydrogen (secondary N) is 1. The lowest BCUT2D eigenvalue weighted by molar-refractivity contribution is -0.131. The Morgan fingerprint density at radius 2 is 1.72 bits per heavy atom. The van der Waals surface area contributed by atoms with Gasteiger partial charge in [0.25, 0.3) is 0 Å². The van der Waals surface area contributed by atoms with Crippen LogP contribution in [-0.2, 0) is 9.59 Å². The summed E-state index contributed by atoms with van der Waals surface area (Å²) in [6, 6.07) is 6.66. The van der Waals surface area contributed by atoms with E-state index in [1.165, 1.54) is 37.3 Å². The molecule has 4 heteroatoms. The number of ether oxygens (including phenoxy) is 1. The van der Waals surface area contributed by atoms with Gasteiger partial charge < -0.3 is 10.1 Å². The van der Waals surface area contributed by atoms with Crippen molar-refractivity contribution in [1.82, 2.24) is 0 Å². The van der Waals surface area contributed by atoms with Gasteiger partial charge in [0.15, 0.2) is 0 Å². The maximum Gasteiger partial charge on any atom is 0.308 e. The van der Waals surface area contributed by atoms with Crippen LogP contribution in [0, 0.1) is 5.41 Å². The zero-order valence-corrected chi connectivity index (χ0v) is 20.1. The van der Waals surface area contributed by atoms with Crippen LogP contribution >= 0.6 is 0 Å².